The molecule has 0 spiro atoms. The third kappa shape index (κ3) is 4.84. The van der Waals surface area contributed by atoms with Gasteiger partial charge in [-0.05, 0) is 13.8 Å². The van der Waals surface area contributed by atoms with Crippen LogP contribution < -0.4 is 0 Å². The van der Waals surface area contributed by atoms with E-state index in [1.807, 2.05) is 0 Å². The van der Waals surface area contributed by atoms with E-state index in [9.17, 15) is 4.79 Å². The number of aliphatic hydroxyl groups is 2. The smallest absolute Gasteiger partial charge is 0.220 e. The first kappa shape index (κ1) is 12.9. The second-order valence-electron chi connectivity index (χ2n) is 3.39. The van der Waals surface area contributed by atoms with Crippen LogP contribution in [0.2, 0.25) is 0 Å². The van der Waals surface area contributed by atoms with Crippen molar-refractivity contribution in [2.24, 2.45) is 0 Å². The zero-order valence-corrected chi connectivity index (χ0v) is 8.37. The number of carbonyl (C=O) groups is 1. The minimum Gasteiger partial charge on any atom is -0.393 e. The summed E-state index contributed by atoms with van der Waals surface area (Å²) in [6.07, 6.45) is -1.63. The topological polar surface area (TPSA) is 105 Å². The Morgan fingerprint density at radius 2 is 1.36 bits per heavy atom. The van der Waals surface area contributed by atoms with Gasteiger partial charge in [-0.1, -0.05) is 0 Å². The number of carbonyl (C=O) groups excluding carboxylic acids is 1. The summed E-state index contributed by atoms with van der Waals surface area (Å²) in [7, 11) is 0. The monoisotopic (exact) mass is 200 g/mol. The largest absolute Gasteiger partial charge is 0.393 e. The average molecular weight is 200 g/mol. The number of rotatable bonds is 6. The van der Waals surface area contributed by atoms with Gasteiger partial charge in [0.15, 0.2) is 0 Å². The molecule has 0 aromatic carbocycles. The summed E-state index contributed by atoms with van der Waals surface area (Å²) < 4.78 is 0. The lowest BCUT2D eigenvalue weighted by atomic mass is 10.0. The molecule has 0 aliphatic rings. The molecule has 0 radical (unpaired) electrons. The van der Waals surface area contributed by atoms with Crippen molar-refractivity contribution in [3.8, 4) is 0 Å². The fourth-order valence-electron chi connectivity index (χ4n) is 0.958. The molecule has 5 heteroatoms. The summed E-state index contributed by atoms with van der Waals surface area (Å²) >= 11 is 0. The Morgan fingerprint density at radius 1 is 1.07 bits per heavy atom. The minimum absolute atomic E-state index is 0.0545. The summed E-state index contributed by atoms with van der Waals surface area (Å²) in [5.74, 6) is -0.702. The van der Waals surface area contributed by atoms with Gasteiger partial charge in [0.25, 0.3) is 0 Å². The zero-order chi connectivity index (χ0) is 11.3. The Bertz CT molecular complexity index is 222. The highest BCUT2D eigenvalue weighted by Gasteiger charge is 2.18. The molecule has 0 fully saturated rings. The number of aliphatic hydroxyl groups excluding tert-OH is 2. The van der Waals surface area contributed by atoms with Crippen LogP contribution in [0.3, 0.4) is 0 Å². The van der Waals surface area contributed by atoms with Crippen molar-refractivity contribution in [2.75, 3.05) is 0 Å². The number of hydrogen-bond acceptors (Lipinski definition) is 5. The van der Waals surface area contributed by atoms with Crippen molar-refractivity contribution in [1.82, 2.24) is 0 Å². The number of hydrogen-bond donors (Lipinski definition) is 4. The van der Waals surface area contributed by atoms with Gasteiger partial charge in [0.2, 0.25) is 5.78 Å². The number of nitrogens with one attached hydrogen (secondary N) is 2. The average Bonchev–Trinajstić information content (AvgIpc) is 2.00. The fraction of sp³-hybridized carbons (Fsp3) is 0.667. The Kier molecular flexibility index (Phi) is 5.19. The normalized spacial score (nSPS) is 14.6. The van der Waals surface area contributed by atoms with Crippen LogP contribution in [0.15, 0.2) is 0 Å². The highest BCUT2D eigenvalue weighted by atomic mass is 16.3. The van der Waals surface area contributed by atoms with Gasteiger partial charge in [0.1, 0.15) is 0 Å². The molecule has 2 atom stereocenters. The van der Waals surface area contributed by atoms with Gasteiger partial charge in [-0.15, -0.1) is 0 Å². The zero-order valence-electron chi connectivity index (χ0n) is 8.37. The van der Waals surface area contributed by atoms with E-state index < -0.39 is 18.0 Å². The van der Waals surface area contributed by atoms with Crippen molar-refractivity contribution in [1.29, 1.82) is 10.8 Å². The lowest BCUT2D eigenvalue weighted by molar-refractivity contribution is -0.107. The molecule has 0 aromatic heterocycles. The van der Waals surface area contributed by atoms with Gasteiger partial charge >= 0.3 is 0 Å². The first-order chi connectivity index (χ1) is 6.34. The van der Waals surface area contributed by atoms with E-state index >= 15 is 0 Å². The molecule has 0 rings (SSSR count). The Balaban J connectivity index is 4.19. The molecule has 0 saturated carbocycles. The van der Waals surface area contributed by atoms with Crippen LogP contribution in [0.1, 0.15) is 26.7 Å². The predicted octanol–water partition coefficient (Wildman–Crippen LogP) is 0.137. The Labute approximate surface area is 82.8 Å². The molecule has 0 aliphatic heterocycles. The van der Waals surface area contributed by atoms with Crippen LogP contribution >= 0.6 is 0 Å². The Hall–Kier alpha value is -1.07. The predicted molar refractivity (Wildman–Crippen MR) is 53.1 cm³/mol. The second kappa shape index (κ2) is 5.62. The lowest BCUT2D eigenvalue weighted by Crippen LogP contribution is -2.27. The fourth-order valence-corrected chi connectivity index (χ4v) is 0.958. The molecule has 0 bridgehead atoms. The summed E-state index contributed by atoms with van der Waals surface area (Å²) in [4.78, 5) is 11.2. The molecule has 80 valence electrons. The highest BCUT2D eigenvalue weighted by Crippen LogP contribution is 1.99. The molecule has 0 amide bonds. The van der Waals surface area contributed by atoms with Crippen LogP contribution in [0.4, 0.5) is 0 Å². The summed E-state index contributed by atoms with van der Waals surface area (Å²) in [5.41, 5.74) is -0.573. The number of ketones is 1. The van der Waals surface area contributed by atoms with E-state index in [1.165, 1.54) is 13.8 Å². The van der Waals surface area contributed by atoms with Gasteiger partial charge in [-0.3, -0.25) is 4.79 Å². The summed E-state index contributed by atoms with van der Waals surface area (Å²) in [6.45, 7) is 2.94. The van der Waals surface area contributed by atoms with Crippen LogP contribution in [0, 0.1) is 10.8 Å². The van der Waals surface area contributed by atoms with Crippen molar-refractivity contribution in [3.05, 3.63) is 0 Å². The van der Waals surface area contributed by atoms with E-state index in [-0.39, 0.29) is 24.3 Å². The third-order valence-corrected chi connectivity index (χ3v) is 1.55. The van der Waals surface area contributed by atoms with Gasteiger partial charge in [0.05, 0.1) is 23.6 Å². The number of Topliss-reactive ketones (excluding diaryl/α,β-unsaturated/α-hetero) is 1. The van der Waals surface area contributed by atoms with Gasteiger partial charge in [-0.25, -0.2) is 0 Å². The Morgan fingerprint density at radius 3 is 1.57 bits per heavy atom. The molecule has 14 heavy (non-hydrogen) atoms. The molecular weight excluding hydrogens is 184 g/mol. The molecule has 0 unspecified atom stereocenters. The van der Waals surface area contributed by atoms with E-state index in [2.05, 4.69) is 0 Å². The van der Waals surface area contributed by atoms with Gasteiger partial charge < -0.3 is 21.0 Å². The quantitative estimate of drug-likeness (QED) is 0.458. The standard InChI is InChI=1S/C9H16N2O3/c1-5(12)3-7(10)9(14)8(11)4-6(2)13/h5-6,10-13H,3-4H2,1-2H3/t5-,6-/m0/s1. The SMILES string of the molecule is C[C@H](O)CC(=N)C(=O)C(=N)C[C@H](C)O. The minimum atomic E-state index is -0.759. The molecule has 4 N–H and O–H groups in total. The van der Waals surface area contributed by atoms with Crippen LogP contribution in [0.5, 0.6) is 0 Å². The first-order valence-electron chi connectivity index (χ1n) is 4.40. The summed E-state index contributed by atoms with van der Waals surface area (Å²) in [6, 6.07) is 0. The van der Waals surface area contributed by atoms with E-state index in [0.29, 0.717) is 0 Å². The maximum atomic E-state index is 11.2. The lowest BCUT2D eigenvalue weighted by Gasteiger charge is -2.07. The van der Waals surface area contributed by atoms with Crippen LogP contribution in [-0.2, 0) is 4.79 Å². The summed E-state index contributed by atoms with van der Waals surface area (Å²) in [5, 5.41) is 32.4. The molecule has 0 saturated heterocycles. The molecular formula is C9H16N2O3. The van der Waals surface area contributed by atoms with Crippen LogP contribution in [-0.4, -0.2) is 39.6 Å². The first-order valence-corrected chi connectivity index (χ1v) is 4.40. The maximum Gasteiger partial charge on any atom is 0.220 e. The molecule has 0 aromatic rings. The molecule has 0 aliphatic carbocycles. The van der Waals surface area contributed by atoms with Crippen molar-refractivity contribution >= 4 is 17.2 Å². The van der Waals surface area contributed by atoms with Crippen molar-refractivity contribution < 1.29 is 15.0 Å². The maximum absolute atomic E-state index is 11.2. The third-order valence-electron chi connectivity index (χ3n) is 1.55. The van der Waals surface area contributed by atoms with E-state index in [0.717, 1.165) is 0 Å². The van der Waals surface area contributed by atoms with Gasteiger partial charge in [-0.2, -0.15) is 0 Å². The second-order valence-corrected chi connectivity index (χ2v) is 3.39. The van der Waals surface area contributed by atoms with Crippen LogP contribution in [0.25, 0.3) is 0 Å². The molecule has 5 nitrogen and oxygen atoms in total. The molecule has 0 heterocycles. The van der Waals surface area contributed by atoms with E-state index in [4.69, 9.17) is 21.0 Å². The van der Waals surface area contributed by atoms with Crippen molar-refractivity contribution in [3.63, 3.8) is 0 Å². The highest BCUT2D eigenvalue weighted by molar-refractivity contribution is 6.65. The van der Waals surface area contributed by atoms with E-state index in [1.54, 1.807) is 0 Å². The van der Waals surface area contributed by atoms with Crippen molar-refractivity contribution in [2.45, 2.75) is 38.9 Å². The van der Waals surface area contributed by atoms with Gasteiger partial charge in [0, 0.05) is 12.8 Å².